The van der Waals surface area contributed by atoms with E-state index in [-0.39, 0.29) is 29.7 Å². The van der Waals surface area contributed by atoms with Crippen molar-refractivity contribution in [3.8, 4) is 17.2 Å². The lowest BCUT2D eigenvalue weighted by molar-refractivity contribution is 0.228. The molecule has 3 N–H and O–H groups in total. The average molecular weight is 568 g/mol. The summed E-state index contributed by atoms with van der Waals surface area (Å²) in [5.41, 5.74) is 2.32. The molecule has 4 aromatic rings. The van der Waals surface area contributed by atoms with E-state index in [0.29, 0.717) is 46.9 Å². The molecule has 0 atom stereocenters. The number of hydrogen-bond acceptors (Lipinski definition) is 10. The van der Waals surface area contributed by atoms with E-state index >= 15 is 0 Å². The summed E-state index contributed by atoms with van der Waals surface area (Å²) >= 11 is 0. The molecule has 0 bridgehead atoms. The Morgan fingerprint density at radius 1 is 0.925 bits per heavy atom. The van der Waals surface area contributed by atoms with Gasteiger partial charge in [-0.25, -0.2) is 18.4 Å². The second-order valence-corrected chi connectivity index (χ2v) is 10.8. The minimum atomic E-state index is -4.03. The summed E-state index contributed by atoms with van der Waals surface area (Å²) in [7, 11) is 2.82. The van der Waals surface area contributed by atoms with E-state index in [2.05, 4.69) is 20.0 Å². The van der Waals surface area contributed by atoms with Crippen molar-refractivity contribution in [1.82, 2.24) is 14.9 Å². The van der Waals surface area contributed by atoms with Crippen molar-refractivity contribution >= 4 is 38.4 Å². The molecule has 0 fully saturated rings. The van der Waals surface area contributed by atoms with Crippen molar-refractivity contribution in [3.05, 3.63) is 66.2 Å². The van der Waals surface area contributed by atoms with E-state index < -0.39 is 10.0 Å². The maximum absolute atomic E-state index is 13.5. The first-order chi connectivity index (χ1) is 19.2. The SMILES string of the molecule is COc1cc(Nc2nc3ccccc3nc2NS(=O)(=O)c2cccc(CN(C)C)c2)c(OCCCO)c(OC)c1. The van der Waals surface area contributed by atoms with Crippen molar-refractivity contribution < 1.29 is 27.7 Å². The minimum Gasteiger partial charge on any atom is -0.497 e. The van der Waals surface area contributed by atoms with Gasteiger partial charge in [0.2, 0.25) is 0 Å². The predicted octanol–water partition coefficient (Wildman–Crippen LogP) is 4.01. The zero-order valence-corrected chi connectivity index (χ0v) is 23.7. The van der Waals surface area contributed by atoms with Gasteiger partial charge in [-0.15, -0.1) is 0 Å². The normalized spacial score (nSPS) is 11.4. The van der Waals surface area contributed by atoms with E-state index in [0.717, 1.165) is 5.56 Å². The van der Waals surface area contributed by atoms with Crippen LogP contribution >= 0.6 is 0 Å². The molecule has 0 aliphatic carbocycles. The number of fused-ring (bicyclic) bond motifs is 1. The summed E-state index contributed by atoms with van der Waals surface area (Å²) in [6.07, 6.45) is 0.405. The largest absolute Gasteiger partial charge is 0.497 e. The monoisotopic (exact) mass is 567 g/mol. The van der Waals surface area contributed by atoms with Crippen LogP contribution in [0.1, 0.15) is 12.0 Å². The van der Waals surface area contributed by atoms with E-state index in [1.165, 1.54) is 20.3 Å². The van der Waals surface area contributed by atoms with E-state index in [9.17, 15) is 13.5 Å². The first-order valence-electron chi connectivity index (χ1n) is 12.5. The molecule has 212 valence electrons. The molecule has 12 heteroatoms. The van der Waals surface area contributed by atoms with Crippen LogP contribution in [-0.4, -0.2) is 69.9 Å². The predicted molar refractivity (Wildman–Crippen MR) is 154 cm³/mol. The number of ether oxygens (including phenoxy) is 3. The molecule has 11 nitrogen and oxygen atoms in total. The van der Waals surface area contributed by atoms with Gasteiger partial charge in [-0.1, -0.05) is 24.3 Å². The molecule has 1 heterocycles. The van der Waals surface area contributed by atoms with Crippen LogP contribution in [0.2, 0.25) is 0 Å². The van der Waals surface area contributed by atoms with Crippen LogP contribution in [0.25, 0.3) is 11.0 Å². The lowest BCUT2D eigenvalue weighted by Gasteiger charge is -2.19. The number of rotatable bonds is 13. The van der Waals surface area contributed by atoms with Crippen molar-refractivity contribution in [1.29, 1.82) is 0 Å². The van der Waals surface area contributed by atoms with Crippen LogP contribution < -0.4 is 24.2 Å². The van der Waals surface area contributed by atoms with Gasteiger partial charge in [-0.05, 0) is 43.9 Å². The number of aliphatic hydroxyl groups excluding tert-OH is 1. The number of hydrogen-bond donors (Lipinski definition) is 3. The number of sulfonamides is 1. The Bertz CT molecular complexity index is 1580. The number of nitrogens with zero attached hydrogens (tertiary/aromatic N) is 3. The maximum Gasteiger partial charge on any atom is 0.263 e. The van der Waals surface area contributed by atoms with Crippen molar-refractivity contribution in [3.63, 3.8) is 0 Å². The molecule has 1 aromatic heterocycles. The number of benzene rings is 3. The van der Waals surface area contributed by atoms with Crippen molar-refractivity contribution in [2.45, 2.75) is 17.9 Å². The summed E-state index contributed by atoms with van der Waals surface area (Å²) < 4.78 is 46.5. The highest BCUT2D eigenvalue weighted by atomic mass is 32.2. The van der Waals surface area contributed by atoms with E-state index in [4.69, 9.17) is 14.2 Å². The smallest absolute Gasteiger partial charge is 0.263 e. The van der Waals surface area contributed by atoms with Crippen LogP contribution in [0.5, 0.6) is 17.2 Å². The summed E-state index contributed by atoms with van der Waals surface area (Å²) in [5, 5.41) is 12.4. The molecule has 3 aromatic carbocycles. The second-order valence-electron chi connectivity index (χ2n) is 9.16. The Hall–Kier alpha value is -4.13. The van der Waals surface area contributed by atoms with Crippen LogP contribution in [-0.2, 0) is 16.6 Å². The molecule has 0 saturated carbocycles. The standard InChI is InChI=1S/C28H33N5O6S/c1-33(2)18-19-9-7-10-21(15-19)40(35,36)32-28-27(29-22-11-5-6-12-23(22)30-28)31-24-16-20(37-3)17-25(38-4)26(24)39-14-8-13-34/h5-7,9-12,15-17,34H,8,13-14,18H2,1-4H3,(H,29,31)(H,30,32). The lowest BCUT2D eigenvalue weighted by atomic mass is 10.2. The van der Waals surface area contributed by atoms with Gasteiger partial charge in [0.15, 0.2) is 23.1 Å². The number of para-hydroxylation sites is 2. The third kappa shape index (κ3) is 6.89. The highest BCUT2D eigenvalue weighted by Gasteiger charge is 2.22. The van der Waals surface area contributed by atoms with Crippen LogP contribution in [0.4, 0.5) is 17.3 Å². The van der Waals surface area contributed by atoms with Crippen molar-refractivity contribution in [2.75, 3.05) is 51.6 Å². The summed E-state index contributed by atoms with van der Waals surface area (Å²) in [4.78, 5) is 11.3. The van der Waals surface area contributed by atoms with Gasteiger partial charge < -0.3 is 29.5 Å². The van der Waals surface area contributed by atoms with Gasteiger partial charge in [-0.3, -0.25) is 4.72 Å². The molecular weight excluding hydrogens is 534 g/mol. The first kappa shape index (κ1) is 28.9. The summed E-state index contributed by atoms with van der Waals surface area (Å²) in [6.45, 7) is 0.766. The van der Waals surface area contributed by atoms with Gasteiger partial charge in [0.25, 0.3) is 10.0 Å². The molecule has 4 rings (SSSR count). The van der Waals surface area contributed by atoms with Gasteiger partial charge >= 0.3 is 0 Å². The molecule has 0 saturated heterocycles. The first-order valence-corrected chi connectivity index (χ1v) is 14.0. The Morgan fingerprint density at radius 2 is 1.65 bits per heavy atom. The molecule has 0 unspecified atom stereocenters. The lowest BCUT2D eigenvalue weighted by Crippen LogP contribution is -2.17. The number of methoxy groups -OCH3 is 2. The number of aromatic nitrogens is 2. The Labute approximate surface area is 233 Å². The highest BCUT2D eigenvalue weighted by Crippen LogP contribution is 2.42. The van der Waals surface area contributed by atoms with Crippen LogP contribution in [0.3, 0.4) is 0 Å². The minimum absolute atomic E-state index is 0.000178. The maximum atomic E-state index is 13.5. The zero-order valence-electron chi connectivity index (χ0n) is 22.8. The van der Waals surface area contributed by atoms with E-state index in [1.54, 1.807) is 42.5 Å². The number of anilines is 3. The summed E-state index contributed by atoms with van der Waals surface area (Å²) in [6, 6.07) is 17.2. The quantitative estimate of drug-likeness (QED) is 0.203. The third-order valence-electron chi connectivity index (χ3n) is 5.80. The molecular formula is C28H33N5O6S. The Kier molecular flexibility index (Phi) is 9.25. The van der Waals surface area contributed by atoms with Gasteiger partial charge in [0.1, 0.15) is 5.75 Å². The van der Waals surface area contributed by atoms with Crippen molar-refractivity contribution in [2.24, 2.45) is 0 Å². The number of aliphatic hydroxyl groups is 1. The van der Waals surface area contributed by atoms with E-state index in [1.807, 2.05) is 31.1 Å². The fraction of sp³-hybridized carbons (Fsp3) is 0.286. The fourth-order valence-electron chi connectivity index (χ4n) is 3.98. The van der Waals surface area contributed by atoms with Crippen LogP contribution in [0.15, 0.2) is 65.6 Å². The molecule has 0 aliphatic heterocycles. The second kappa shape index (κ2) is 12.8. The van der Waals surface area contributed by atoms with Crippen LogP contribution in [0, 0.1) is 0 Å². The Morgan fingerprint density at radius 3 is 2.30 bits per heavy atom. The molecule has 0 amide bonds. The van der Waals surface area contributed by atoms with Gasteiger partial charge in [-0.2, -0.15) is 0 Å². The fourth-order valence-corrected chi connectivity index (χ4v) is 5.05. The highest BCUT2D eigenvalue weighted by molar-refractivity contribution is 7.92. The molecule has 0 radical (unpaired) electrons. The molecule has 40 heavy (non-hydrogen) atoms. The van der Waals surface area contributed by atoms with Gasteiger partial charge in [0.05, 0.1) is 42.4 Å². The number of nitrogens with one attached hydrogen (secondary N) is 2. The topological polar surface area (TPSA) is 135 Å². The zero-order chi connectivity index (χ0) is 28.7. The summed E-state index contributed by atoms with van der Waals surface area (Å²) in [5.74, 6) is 1.35. The van der Waals surface area contributed by atoms with Gasteiger partial charge in [0, 0.05) is 31.7 Å². The molecule has 0 aliphatic rings. The third-order valence-corrected chi connectivity index (χ3v) is 7.13. The Balaban J connectivity index is 1.79. The molecule has 0 spiro atoms. The average Bonchev–Trinajstić information content (AvgIpc) is 2.93.